The van der Waals surface area contributed by atoms with Gasteiger partial charge in [-0.2, -0.15) is 0 Å². The van der Waals surface area contributed by atoms with Gasteiger partial charge in [0.05, 0.1) is 0 Å². The van der Waals surface area contributed by atoms with Gasteiger partial charge in [-0.15, -0.1) is 0 Å². The highest BCUT2D eigenvalue weighted by Gasteiger charge is 2.37. The van der Waals surface area contributed by atoms with Crippen LogP contribution in [0.25, 0.3) is 0 Å². The summed E-state index contributed by atoms with van der Waals surface area (Å²) in [4.78, 5) is 6.77. The van der Waals surface area contributed by atoms with Crippen molar-refractivity contribution in [2.45, 2.75) is 52.4 Å². The van der Waals surface area contributed by atoms with Crippen molar-refractivity contribution >= 4 is 5.96 Å². The Morgan fingerprint density at radius 2 is 1.76 bits per heavy atom. The number of rotatable bonds is 2. The number of guanidine groups is 1. The summed E-state index contributed by atoms with van der Waals surface area (Å²) in [7, 11) is 0. The molecule has 2 aliphatic rings. The van der Waals surface area contributed by atoms with Crippen LogP contribution in [0.5, 0.6) is 0 Å². The third-order valence-electron chi connectivity index (χ3n) is 4.43. The molecule has 0 aromatic heterocycles. The molecule has 0 bridgehead atoms. The molecule has 17 heavy (non-hydrogen) atoms. The maximum Gasteiger partial charge on any atom is 0.191 e. The first kappa shape index (κ1) is 12.7. The Morgan fingerprint density at radius 3 is 2.29 bits per heavy atom. The number of likely N-dealkylation sites (tertiary alicyclic amines) is 1. The summed E-state index contributed by atoms with van der Waals surface area (Å²) in [5, 5.41) is 0. The lowest BCUT2D eigenvalue weighted by atomic mass is 9.77. The summed E-state index contributed by atoms with van der Waals surface area (Å²) < 4.78 is 0. The van der Waals surface area contributed by atoms with Crippen molar-refractivity contribution in [3.05, 3.63) is 0 Å². The summed E-state index contributed by atoms with van der Waals surface area (Å²) in [5.41, 5.74) is 6.74. The fourth-order valence-corrected chi connectivity index (χ4v) is 3.21. The molecule has 98 valence electrons. The smallest absolute Gasteiger partial charge is 0.191 e. The van der Waals surface area contributed by atoms with Gasteiger partial charge in [0.15, 0.2) is 5.96 Å². The fourth-order valence-electron chi connectivity index (χ4n) is 3.21. The zero-order chi connectivity index (χ0) is 12.3. The molecule has 1 aliphatic carbocycles. The zero-order valence-corrected chi connectivity index (χ0v) is 11.4. The van der Waals surface area contributed by atoms with Crippen molar-refractivity contribution in [1.82, 2.24) is 4.90 Å². The van der Waals surface area contributed by atoms with E-state index in [1.54, 1.807) is 0 Å². The summed E-state index contributed by atoms with van der Waals surface area (Å²) in [6.07, 6.45) is 8.43. The van der Waals surface area contributed by atoms with Crippen LogP contribution in [0.1, 0.15) is 52.4 Å². The molecule has 3 heteroatoms. The van der Waals surface area contributed by atoms with E-state index in [-0.39, 0.29) is 0 Å². The maximum atomic E-state index is 6.06. The highest BCUT2D eigenvalue weighted by Crippen LogP contribution is 2.45. The maximum absolute atomic E-state index is 6.06. The number of aliphatic imine (C=N–C) groups is 1. The summed E-state index contributed by atoms with van der Waals surface area (Å²) in [5.74, 6) is 1.37. The van der Waals surface area contributed by atoms with Gasteiger partial charge >= 0.3 is 0 Å². The number of nitrogens with zero attached hydrogens (tertiary/aromatic N) is 2. The van der Waals surface area contributed by atoms with Crippen LogP contribution in [-0.2, 0) is 0 Å². The van der Waals surface area contributed by atoms with Crippen LogP contribution in [-0.4, -0.2) is 30.5 Å². The van der Waals surface area contributed by atoms with Crippen LogP contribution < -0.4 is 5.73 Å². The Labute approximate surface area is 105 Å². The topological polar surface area (TPSA) is 41.6 Å². The van der Waals surface area contributed by atoms with Crippen LogP contribution in [0.3, 0.4) is 0 Å². The Balaban J connectivity index is 1.84. The number of hydrogen-bond acceptors (Lipinski definition) is 1. The molecule has 1 heterocycles. The van der Waals surface area contributed by atoms with E-state index in [0.29, 0.717) is 11.3 Å². The quantitative estimate of drug-likeness (QED) is 0.592. The normalized spacial score (nSPS) is 24.9. The molecule has 2 N–H and O–H groups in total. The highest BCUT2D eigenvalue weighted by atomic mass is 15.3. The average Bonchev–Trinajstić information content (AvgIpc) is 2.75. The van der Waals surface area contributed by atoms with Crippen molar-refractivity contribution < 1.29 is 0 Å². The summed E-state index contributed by atoms with van der Waals surface area (Å²) in [6, 6.07) is 0. The lowest BCUT2D eigenvalue weighted by Crippen LogP contribution is -2.45. The van der Waals surface area contributed by atoms with E-state index in [4.69, 9.17) is 5.73 Å². The Hall–Kier alpha value is -0.730. The average molecular weight is 237 g/mol. The molecule has 0 atom stereocenters. The zero-order valence-electron chi connectivity index (χ0n) is 11.4. The first-order valence-corrected chi connectivity index (χ1v) is 7.16. The molecule has 1 saturated heterocycles. The van der Waals surface area contributed by atoms with Gasteiger partial charge < -0.3 is 10.6 Å². The largest absolute Gasteiger partial charge is 0.370 e. The predicted molar refractivity (Wildman–Crippen MR) is 73.0 cm³/mol. The van der Waals surface area contributed by atoms with Gasteiger partial charge in [0, 0.05) is 19.6 Å². The second kappa shape index (κ2) is 5.28. The summed E-state index contributed by atoms with van der Waals surface area (Å²) >= 11 is 0. The monoisotopic (exact) mass is 237 g/mol. The van der Waals surface area contributed by atoms with E-state index in [0.717, 1.165) is 25.6 Å². The van der Waals surface area contributed by atoms with E-state index in [1.807, 2.05) is 0 Å². The molecule has 1 spiro atoms. The van der Waals surface area contributed by atoms with Crippen LogP contribution in [0, 0.1) is 11.3 Å². The molecule has 0 aromatic carbocycles. The molecule has 0 unspecified atom stereocenters. The molecule has 2 fully saturated rings. The minimum atomic E-state index is 0.597. The minimum Gasteiger partial charge on any atom is -0.370 e. The molecule has 0 amide bonds. The highest BCUT2D eigenvalue weighted by molar-refractivity contribution is 5.78. The lowest BCUT2D eigenvalue weighted by Gasteiger charge is -2.39. The molecule has 2 rings (SSSR count). The molecule has 1 aliphatic heterocycles. The van der Waals surface area contributed by atoms with E-state index in [2.05, 4.69) is 23.7 Å². The first-order valence-electron chi connectivity index (χ1n) is 7.16. The SMILES string of the molecule is CC(C)CN=C(N)N1CCC2(CCCC2)CC1. The van der Waals surface area contributed by atoms with E-state index < -0.39 is 0 Å². The van der Waals surface area contributed by atoms with E-state index in [1.165, 1.54) is 38.5 Å². The van der Waals surface area contributed by atoms with Gasteiger partial charge in [-0.25, -0.2) is 0 Å². The second-order valence-corrected chi connectivity index (χ2v) is 6.29. The number of hydrogen-bond donors (Lipinski definition) is 1. The fraction of sp³-hybridized carbons (Fsp3) is 0.929. The number of nitrogens with two attached hydrogens (primary N) is 1. The second-order valence-electron chi connectivity index (χ2n) is 6.29. The molecule has 0 radical (unpaired) electrons. The van der Waals surface area contributed by atoms with Gasteiger partial charge in [0.1, 0.15) is 0 Å². The Kier molecular flexibility index (Phi) is 3.95. The van der Waals surface area contributed by atoms with Gasteiger partial charge in [-0.3, -0.25) is 4.99 Å². The first-order chi connectivity index (χ1) is 8.11. The van der Waals surface area contributed by atoms with Crippen LogP contribution >= 0.6 is 0 Å². The van der Waals surface area contributed by atoms with Gasteiger partial charge in [0.2, 0.25) is 0 Å². The molecule has 1 saturated carbocycles. The standard InChI is InChI=1S/C14H27N3/c1-12(2)11-16-13(15)17-9-7-14(8-10-17)5-3-4-6-14/h12H,3-11H2,1-2H3,(H2,15,16). The lowest BCUT2D eigenvalue weighted by molar-refractivity contribution is 0.153. The third kappa shape index (κ3) is 3.14. The minimum absolute atomic E-state index is 0.597. The van der Waals surface area contributed by atoms with E-state index in [9.17, 15) is 0 Å². The van der Waals surface area contributed by atoms with Crippen molar-refractivity contribution in [2.24, 2.45) is 22.1 Å². The van der Waals surface area contributed by atoms with Crippen LogP contribution in [0.2, 0.25) is 0 Å². The van der Waals surface area contributed by atoms with Crippen molar-refractivity contribution in [3.8, 4) is 0 Å². The van der Waals surface area contributed by atoms with Gasteiger partial charge in [-0.05, 0) is 37.0 Å². The Morgan fingerprint density at radius 1 is 1.18 bits per heavy atom. The third-order valence-corrected chi connectivity index (χ3v) is 4.43. The van der Waals surface area contributed by atoms with Crippen molar-refractivity contribution in [3.63, 3.8) is 0 Å². The summed E-state index contributed by atoms with van der Waals surface area (Å²) in [6.45, 7) is 7.45. The van der Waals surface area contributed by atoms with E-state index >= 15 is 0 Å². The number of piperidine rings is 1. The van der Waals surface area contributed by atoms with Crippen molar-refractivity contribution in [1.29, 1.82) is 0 Å². The van der Waals surface area contributed by atoms with Gasteiger partial charge in [0.25, 0.3) is 0 Å². The molecule has 3 nitrogen and oxygen atoms in total. The van der Waals surface area contributed by atoms with Gasteiger partial charge in [-0.1, -0.05) is 26.7 Å². The van der Waals surface area contributed by atoms with Crippen molar-refractivity contribution in [2.75, 3.05) is 19.6 Å². The Bertz CT molecular complexity index is 267. The molecule has 0 aromatic rings. The van der Waals surface area contributed by atoms with Crippen LogP contribution in [0.15, 0.2) is 4.99 Å². The predicted octanol–water partition coefficient (Wildman–Crippen LogP) is 2.61. The van der Waals surface area contributed by atoms with Crippen LogP contribution in [0.4, 0.5) is 0 Å². The molecular weight excluding hydrogens is 210 g/mol. The molecular formula is C14H27N3.